The number of carbonyl (C=O) groups is 1. The van der Waals surface area contributed by atoms with Crippen molar-refractivity contribution in [3.63, 3.8) is 0 Å². The van der Waals surface area contributed by atoms with Crippen LogP contribution in [0.3, 0.4) is 0 Å². The van der Waals surface area contributed by atoms with Crippen molar-refractivity contribution in [1.29, 1.82) is 0 Å². The number of nitrogens with zero attached hydrogens (tertiary/aromatic N) is 2. The summed E-state index contributed by atoms with van der Waals surface area (Å²) in [5, 5.41) is 11.7. The molecule has 0 unspecified atom stereocenters. The maximum absolute atomic E-state index is 12.1. The summed E-state index contributed by atoms with van der Waals surface area (Å²) in [7, 11) is 0. The third-order valence-electron chi connectivity index (χ3n) is 3.37. The third kappa shape index (κ3) is 3.16. The molecule has 0 bridgehead atoms. The number of nitro groups is 1. The fraction of sp³-hybridized carbons (Fsp3) is 0.0588. The second-order valence-electron chi connectivity index (χ2n) is 4.88. The Labute approximate surface area is 131 Å². The number of esters is 1. The molecule has 0 aliphatic heterocycles. The Morgan fingerprint density at radius 1 is 1.13 bits per heavy atom. The van der Waals surface area contributed by atoms with Crippen LogP contribution in [-0.2, 0) is 11.3 Å². The first-order valence-corrected chi connectivity index (χ1v) is 6.89. The molecule has 0 fully saturated rings. The molecule has 3 aromatic rings. The van der Waals surface area contributed by atoms with E-state index in [2.05, 4.69) is 4.98 Å². The van der Waals surface area contributed by atoms with E-state index < -0.39 is 10.9 Å². The number of benzene rings is 2. The molecular weight excluding hydrogens is 296 g/mol. The van der Waals surface area contributed by atoms with Crippen LogP contribution in [0, 0.1) is 10.1 Å². The minimum Gasteiger partial charge on any atom is -0.457 e. The third-order valence-corrected chi connectivity index (χ3v) is 3.37. The van der Waals surface area contributed by atoms with Crippen molar-refractivity contribution < 1.29 is 14.5 Å². The molecular formula is C17H12N2O4. The molecule has 3 rings (SSSR count). The normalized spacial score (nSPS) is 10.4. The van der Waals surface area contributed by atoms with Gasteiger partial charge < -0.3 is 4.74 Å². The Hall–Kier alpha value is -3.28. The van der Waals surface area contributed by atoms with Crippen LogP contribution in [0.15, 0.2) is 60.8 Å². The van der Waals surface area contributed by atoms with E-state index in [9.17, 15) is 14.9 Å². The van der Waals surface area contributed by atoms with E-state index in [1.54, 1.807) is 6.20 Å². The number of carbonyl (C=O) groups excluding carboxylic acids is 1. The van der Waals surface area contributed by atoms with Gasteiger partial charge in [-0.05, 0) is 12.1 Å². The lowest BCUT2D eigenvalue weighted by Crippen LogP contribution is -2.06. The van der Waals surface area contributed by atoms with Gasteiger partial charge in [0.05, 0.1) is 16.0 Å². The number of pyridine rings is 1. The van der Waals surface area contributed by atoms with Crippen LogP contribution in [0.25, 0.3) is 10.9 Å². The van der Waals surface area contributed by atoms with Crippen LogP contribution in [0.5, 0.6) is 0 Å². The van der Waals surface area contributed by atoms with Crippen molar-refractivity contribution in [1.82, 2.24) is 4.98 Å². The smallest absolute Gasteiger partial charge is 0.338 e. The molecule has 0 saturated carbocycles. The Balaban J connectivity index is 1.78. The molecule has 0 atom stereocenters. The highest BCUT2D eigenvalue weighted by atomic mass is 16.6. The predicted molar refractivity (Wildman–Crippen MR) is 84.0 cm³/mol. The largest absolute Gasteiger partial charge is 0.457 e. The molecule has 1 heterocycles. The second-order valence-corrected chi connectivity index (χ2v) is 4.88. The lowest BCUT2D eigenvalue weighted by Gasteiger charge is -2.07. The monoisotopic (exact) mass is 308 g/mol. The van der Waals surface area contributed by atoms with Gasteiger partial charge in [-0.25, -0.2) is 4.79 Å². The minimum absolute atomic E-state index is 0.0515. The number of hydrogen-bond donors (Lipinski definition) is 0. The zero-order valence-electron chi connectivity index (χ0n) is 12.0. The molecule has 23 heavy (non-hydrogen) atoms. The van der Waals surface area contributed by atoms with Gasteiger partial charge in [-0.15, -0.1) is 0 Å². The summed E-state index contributed by atoms with van der Waals surface area (Å²) >= 11 is 0. The number of nitro benzene ring substituents is 1. The summed E-state index contributed by atoms with van der Waals surface area (Å²) in [5.74, 6) is -0.610. The molecule has 114 valence electrons. The van der Waals surface area contributed by atoms with Crippen molar-refractivity contribution >= 4 is 22.6 Å². The van der Waals surface area contributed by atoms with Crippen LogP contribution in [0.1, 0.15) is 15.9 Å². The summed E-state index contributed by atoms with van der Waals surface area (Å²) in [5.41, 5.74) is 1.54. The average molecular weight is 308 g/mol. The van der Waals surface area contributed by atoms with Gasteiger partial charge in [0, 0.05) is 29.3 Å². The summed E-state index contributed by atoms with van der Waals surface area (Å²) < 4.78 is 5.26. The quantitative estimate of drug-likeness (QED) is 0.418. The molecule has 1 aromatic heterocycles. The van der Waals surface area contributed by atoms with E-state index in [0.717, 1.165) is 16.5 Å². The highest BCUT2D eigenvalue weighted by Crippen LogP contribution is 2.18. The zero-order valence-corrected chi connectivity index (χ0v) is 12.0. The molecule has 0 aliphatic rings. The van der Waals surface area contributed by atoms with Gasteiger partial charge >= 0.3 is 5.97 Å². The van der Waals surface area contributed by atoms with E-state index in [4.69, 9.17) is 4.74 Å². The summed E-state index contributed by atoms with van der Waals surface area (Å²) in [6, 6.07) is 14.8. The van der Waals surface area contributed by atoms with Gasteiger partial charge in [-0.3, -0.25) is 15.1 Å². The standard InChI is InChI=1S/C17H12N2O4/c20-17(13-5-2-8-15(10-13)19(21)22)23-11-14-6-1-4-12-7-3-9-18-16(12)14/h1-10H,11H2. The van der Waals surface area contributed by atoms with Crippen molar-refractivity contribution in [2.45, 2.75) is 6.61 Å². The highest BCUT2D eigenvalue weighted by Gasteiger charge is 2.13. The minimum atomic E-state index is -0.610. The number of non-ortho nitro benzene ring substituents is 1. The highest BCUT2D eigenvalue weighted by molar-refractivity contribution is 5.90. The van der Waals surface area contributed by atoms with Crippen LogP contribution in [0.4, 0.5) is 5.69 Å². The van der Waals surface area contributed by atoms with E-state index >= 15 is 0 Å². The Morgan fingerprint density at radius 2 is 1.91 bits per heavy atom. The fourth-order valence-electron chi connectivity index (χ4n) is 2.26. The summed E-state index contributed by atoms with van der Waals surface area (Å²) in [6.45, 7) is 0.0515. The molecule has 6 heteroatoms. The zero-order chi connectivity index (χ0) is 16.2. The van der Waals surface area contributed by atoms with Crippen molar-refractivity contribution in [2.75, 3.05) is 0 Å². The SMILES string of the molecule is O=C(OCc1cccc2cccnc12)c1cccc([N+](=O)[O-])c1. The van der Waals surface area contributed by atoms with Gasteiger partial charge in [0.1, 0.15) is 6.61 Å². The molecule has 0 aliphatic carbocycles. The van der Waals surface area contributed by atoms with E-state index in [1.165, 1.54) is 24.3 Å². The average Bonchev–Trinajstić information content (AvgIpc) is 2.59. The van der Waals surface area contributed by atoms with E-state index in [-0.39, 0.29) is 17.9 Å². The lowest BCUT2D eigenvalue weighted by molar-refractivity contribution is -0.384. The molecule has 2 aromatic carbocycles. The van der Waals surface area contributed by atoms with Gasteiger partial charge in [0.15, 0.2) is 0 Å². The second kappa shape index (κ2) is 6.23. The molecule has 0 spiro atoms. The number of hydrogen-bond acceptors (Lipinski definition) is 5. The van der Waals surface area contributed by atoms with Crippen molar-refractivity contribution in [3.05, 3.63) is 82.0 Å². The number of para-hydroxylation sites is 1. The first kappa shape index (κ1) is 14.6. The van der Waals surface area contributed by atoms with Gasteiger partial charge in [-0.2, -0.15) is 0 Å². The predicted octanol–water partition coefficient (Wildman–Crippen LogP) is 3.50. The topological polar surface area (TPSA) is 82.3 Å². The lowest BCUT2D eigenvalue weighted by atomic mass is 10.1. The van der Waals surface area contributed by atoms with E-state index in [0.29, 0.717) is 0 Å². The Kier molecular flexibility index (Phi) is 3.97. The number of aromatic nitrogens is 1. The number of ether oxygens (including phenoxy) is 1. The molecule has 0 saturated heterocycles. The first-order chi connectivity index (χ1) is 11.1. The Bertz CT molecular complexity index is 887. The van der Waals surface area contributed by atoms with Crippen molar-refractivity contribution in [2.24, 2.45) is 0 Å². The van der Waals surface area contributed by atoms with Crippen LogP contribution in [0.2, 0.25) is 0 Å². The molecule has 0 radical (unpaired) electrons. The van der Waals surface area contributed by atoms with Gasteiger partial charge in [0.2, 0.25) is 0 Å². The van der Waals surface area contributed by atoms with E-state index in [1.807, 2.05) is 30.3 Å². The summed E-state index contributed by atoms with van der Waals surface area (Å²) in [6.07, 6.45) is 1.67. The fourth-order valence-corrected chi connectivity index (χ4v) is 2.26. The molecule has 0 amide bonds. The van der Waals surface area contributed by atoms with Gasteiger partial charge in [-0.1, -0.05) is 30.3 Å². The number of rotatable bonds is 4. The Morgan fingerprint density at radius 3 is 2.74 bits per heavy atom. The van der Waals surface area contributed by atoms with Crippen LogP contribution in [-0.4, -0.2) is 15.9 Å². The first-order valence-electron chi connectivity index (χ1n) is 6.89. The van der Waals surface area contributed by atoms with Crippen LogP contribution < -0.4 is 0 Å². The molecule has 0 N–H and O–H groups in total. The maximum atomic E-state index is 12.1. The van der Waals surface area contributed by atoms with Gasteiger partial charge in [0.25, 0.3) is 5.69 Å². The summed E-state index contributed by atoms with van der Waals surface area (Å²) in [4.78, 5) is 26.5. The van der Waals surface area contributed by atoms with Crippen molar-refractivity contribution in [3.8, 4) is 0 Å². The number of fused-ring (bicyclic) bond motifs is 1. The molecule has 6 nitrogen and oxygen atoms in total. The van der Waals surface area contributed by atoms with Crippen LogP contribution >= 0.6 is 0 Å². The maximum Gasteiger partial charge on any atom is 0.338 e.